The van der Waals surface area contributed by atoms with E-state index in [0.29, 0.717) is 17.8 Å². The van der Waals surface area contributed by atoms with E-state index < -0.39 is 0 Å². The molecule has 1 amide bonds. The molecule has 1 heterocycles. The van der Waals surface area contributed by atoms with Gasteiger partial charge in [-0.25, -0.2) is 0 Å². The molecule has 2 N–H and O–H groups in total. The van der Waals surface area contributed by atoms with Gasteiger partial charge in [-0.05, 0) is 44.7 Å². The van der Waals surface area contributed by atoms with Gasteiger partial charge < -0.3 is 10.6 Å². The Hall–Kier alpha value is -1.36. The molecule has 1 aromatic heterocycles. The molecule has 0 unspecified atom stereocenters. The van der Waals surface area contributed by atoms with E-state index in [9.17, 15) is 4.79 Å². The minimum absolute atomic E-state index is 0.0504. The lowest BCUT2D eigenvalue weighted by Gasteiger charge is -2.29. The predicted molar refractivity (Wildman–Crippen MR) is 75.0 cm³/mol. The molecular weight excluding hydrogens is 240 g/mol. The third kappa shape index (κ3) is 4.06. The van der Waals surface area contributed by atoms with Gasteiger partial charge in [0.25, 0.3) is 5.91 Å². The summed E-state index contributed by atoms with van der Waals surface area (Å²) in [5.41, 5.74) is 0.508. The smallest absolute Gasteiger partial charge is 0.271 e. The molecule has 0 aromatic carbocycles. The van der Waals surface area contributed by atoms with Crippen molar-refractivity contribution in [3.05, 3.63) is 18.0 Å². The number of hydrogen-bond acceptors (Lipinski definition) is 3. The molecule has 1 fully saturated rings. The van der Waals surface area contributed by atoms with Gasteiger partial charge in [0.1, 0.15) is 5.69 Å². The van der Waals surface area contributed by atoms with Crippen molar-refractivity contribution in [2.24, 2.45) is 7.05 Å². The van der Waals surface area contributed by atoms with Crippen molar-refractivity contribution in [3.8, 4) is 0 Å². The zero-order chi connectivity index (χ0) is 13.7. The summed E-state index contributed by atoms with van der Waals surface area (Å²) in [5, 5.41) is 10.8. The summed E-state index contributed by atoms with van der Waals surface area (Å²) < 4.78 is 1.65. The molecule has 106 valence electrons. The van der Waals surface area contributed by atoms with Crippen molar-refractivity contribution < 1.29 is 4.79 Å². The fourth-order valence-corrected chi connectivity index (χ4v) is 2.59. The highest BCUT2D eigenvalue weighted by atomic mass is 16.2. The van der Waals surface area contributed by atoms with Gasteiger partial charge in [0.2, 0.25) is 0 Å². The molecule has 2 rings (SSSR count). The van der Waals surface area contributed by atoms with Gasteiger partial charge in [0.15, 0.2) is 0 Å². The second-order valence-corrected chi connectivity index (χ2v) is 5.35. The van der Waals surface area contributed by atoms with Gasteiger partial charge in [-0.1, -0.05) is 6.92 Å². The predicted octanol–water partition coefficient (Wildman–Crippen LogP) is 1.46. The van der Waals surface area contributed by atoms with E-state index in [-0.39, 0.29) is 5.91 Å². The Labute approximate surface area is 114 Å². The second-order valence-electron chi connectivity index (χ2n) is 5.35. The summed E-state index contributed by atoms with van der Waals surface area (Å²) in [6.07, 6.45) is 7.37. The Kier molecular flexibility index (Phi) is 4.96. The second kappa shape index (κ2) is 6.70. The first-order valence-corrected chi connectivity index (χ1v) is 7.23. The largest absolute Gasteiger partial charge is 0.348 e. The van der Waals surface area contributed by atoms with Crippen LogP contribution in [0.15, 0.2) is 12.3 Å². The van der Waals surface area contributed by atoms with Crippen molar-refractivity contribution >= 4 is 5.91 Å². The molecule has 19 heavy (non-hydrogen) atoms. The molecule has 0 spiro atoms. The Bertz CT molecular complexity index is 407. The van der Waals surface area contributed by atoms with E-state index in [2.05, 4.69) is 22.7 Å². The quantitative estimate of drug-likeness (QED) is 0.846. The maximum atomic E-state index is 12.0. The molecule has 0 saturated heterocycles. The molecule has 5 nitrogen and oxygen atoms in total. The highest BCUT2D eigenvalue weighted by molar-refractivity contribution is 5.92. The van der Waals surface area contributed by atoms with Crippen LogP contribution in [0.5, 0.6) is 0 Å². The Morgan fingerprint density at radius 1 is 1.37 bits per heavy atom. The van der Waals surface area contributed by atoms with Crippen LogP contribution in [0, 0.1) is 0 Å². The van der Waals surface area contributed by atoms with Gasteiger partial charge >= 0.3 is 0 Å². The maximum Gasteiger partial charge on any atom is 0.271 e. The minimum Gasteiger partial charge on any atom is -0.348 e. The van der Waals surface area contributed by atoms with Crippen LogP contribution in [0.1, 0.15) is 49.5 Å². The van der Waals surface area contributed by atoms with Crippen LogP contribution in [0.4, 0.5) is 0 Å². The van der Waals surface area contributed by atoms with Crippen LogP contribution in [-0.4, -0.2) is 34.3 Å². The first-order chi connectivity index (χ1) is 9.19. The van der Waals surface area contributed by atoms with E-state index >= 15 is 0 Å². The monoisotopic (exact) mass is 264 g/mol. The Balaban J connectivity index is 1.75. The van der Waals surface area contributed by atoms with E-state index in [1.54, 1.807) is 16.9 Å². The fourth-order valence-electron chi connectivity index (χ4n) is 2.59. The minimum atomic E-state index is -0.0504. The number of hydrogen-bond donors (Lipinski definition) is 2. The van der Waals surface area contributed by atoms with Crippen molar-refractivity contribution in [3.63, 3.8) is 0 Å². The summed E-state index contributed by atoms with van der Waals surface area (Å²) in [7, 11) is 1.82. The number of aromatic nitrogens is 2. The summed E-state index contributed by atoms with van der Waals surface area (Å²) >= 11 is 0. The summed E-state index contributed by atoms with van der Waals surface area (Å²) in [4.78, 5) is 12.0. The number of aryl methyl sites for hydroxylation is 1. The highest BCUT2D eigenvalue weighted by Gasteiger charge is 2.22. The third-order valence-corrected chi connectivity index (χ3v) is 3.69. The number of nitrogens with zero attached hydrogens (tertiary/aromatic N) is 2. The molecule has 1 saturated carbocycles. The lowest BCUT2D eigenvalue weighted by molar-refractivity contribution is 0.0918. The zero-order valence-corrected chi connectivity index (χ0v) is 11.9. The van der Waals surface area contributed by atoms with Crippen molar-refractivity contribution in [2.45, 2.75) is 51.1 Å². The SMILES string of the molecule is CCCNC1CCC(NC(=O)c2ccn(C)n2)CC1. The van der Waals surface area contributed by atoms with Crippen LogP contribution >= 0.6 is 0 Å². The number of amides is 1. The van der Waals surface area contributed by atoms with Crippen LogP contribution in [0.2, 0.25) is 0 Å². The highest BCUT2D eigenvalue weighted by Crippen LogP contribution is 2.19. The third-order valence-electron chi connectivity index (χ3n) is 3.69. The Morgan fingerprint density at radius 3 is 2.63 bits per heavy atom. The lowest BCUT2D eigenvalue weighted by Crippen LogP contribution is -2.42. The average Bonchev–Trinajstić information content (AvgIpc) is 2.85. The van der Waals surface area contributed by atoms with E-state index in [1.807, 2.05) is 7.05 Å². The maximum absolute atomic E-state index is 12.0. The summed E-state index contributed by atoms with van der Waals surface area (Å²) in [6, 6.07) is 2.68. The van der Waals surface area contributed by atoms with Gasteiger partial charge in [-0.2, -0.15) is 5.10 Å². The van der Waals surface area contributed by atoms with Crippen LogP contribution in [0.25, 0.3) is 0 Å². The molecule has 1 aromatic rings. The molecule has 0 radical (unpaired) electrons. The molecule has 0 aliphatic heterocycles. The van der Waals surface area contributed by atoms with Crippen LogP contribution in [0.3, 0.4) is 0 Å². The molecule has 1 aliphatic carbocycles. The first-order valence-electron chi connectivity index (χ1n) is 7.23. The zero-order valence-electron chi connectivity index (χ0n) is 11.9. The average molecular weight is 264 g/mol. The van der Waals surface area contributed by atoms with E-state index in [1.165, 1.54) is 6.42 Å². The van der Waals surface area contributed by atoms with Gasteiger partial charge in [-0.15, -0.1) is 0 Å². The number of rotatable bonds is 5. The van der Waals surface area contributed by atoms with Gasteiger partial charge in [-0.3, -0.25) is 9.48 Å². The standard InChI is InChI=1S/C14H24N4O/c1-3-9-15-11-4-6-12(7-5-11)16-14(19)13-8-10-18(2)17-13/h8,10-12,15H,3-7,9H2,1-2H3,(H,16,19). The topological polar surface area (TPSA) is 58.9 Å². The lowest BCUT2D eigenvalue weighted by atomic mass is 9.91. The molecule has 0 atom stereocenters. The van der Waals surface area contributed by atoms with Crippen molar-refractivity contribution in [2.75, 3.05) is 6.54 Å². The van der Waals surface area contributed by atoms with Gasteiger partial charge in [0.05, 0.1) is 0 Å². The number of nitrogens with one attached hydrogen (secondary N) is 2. The number of carbonyl (C=O) groups excluding carboxylic acids is 1. The van der Waals surface area contributed by atoms with Crippen LogP contribution in [-0.2, 0) is 7.05 Å². The van der Waals surface area contributed by atoms with Crippen molar-refractivity contribution in [1.29, 1.82) is 0 Å². The van der Waals surface area contributed by atoms with Gasteiger partial charge in [0, 0.05) is 25.3 Å². The van der Waals surface area contributed by atoms with E-state index in [0.717, 1.165) is 32.2 Å². The molecular formula is C14H24N4O. The first kappa shape index (κ1) is 14.1. The molecule has 1 aliphatic rings. The summed E-state index contributed by atoms with van der Waals surface area (Å²) in [5.74, 6) is -0.0504. The number of carbonyl (C=O) groups is 1. The normalized spacial score (nSPS) is 23.3. The fraction of sp³-hybridized carbons (Fsp3) is 0.714. The Morgan fingerprint density at radius 2 is 2.05 bits per heavy atom. The summed E-state index contributed by atoms with van der Waals surface area (Å²) in [6.45, 7) is 3.28. The molecule has 0 bridgehead atoms. The van der Waals surface area contributed by atoms with Crippen molar-refractivity contribution in [1.82, 2.24) is 20.4 Å². The molecule has 5 heteroatoms. The van der Waals surface area contributed by atoms with E-state index in [4.69, 9.17) is 0 Å². The van der Waals surface area contributed by atoms with Crippen LogP contribution < -0.4 is 10.6 Å².